The SMILES string of the molecule is Cc1c(Br)cccc1C(O)C(O)CCN=[N+]=[N-]. The van der Waals surface area contributed by atoms with Gasteiger partial charge in [0.1, 0.15) is 6.10 Å². The van der Waals surface area contributed by atoms with Crippen LogP contribution in [0.2, 0.25) is 0 Å². The molecule has 1 aromatic rings. The van der Waals surface area contributed by atoms with Crippen molar-refractivity contribution < 1.29 is 10.2 Å². The van der Waals surface area contributed by atoms with Crippen LogP contribution in [-0.2, 0) is 0 Å². The summed E-state index contributed by atoms with van der Waals surface area (Å²) in [5.41, 5.74) is 9.69. The maximum atomic E-state index is 9.99. The molecule has 0 aromatic heterocycles. The van der Waals surface area contributed by atoms with Gasteiger partial charge in [-0.15, -0.1) is 0 Å². The van der Waals surface area contributed by atoms with Gasteiger partial charge < -0.3 is 10.2 Å². The van der Waals surface area contributed by atoms with Crippen LogP contribution < -0.4 is 0 Å². The van der Waals surface area contributed by atoms with E-state index in [-0.39, 0.29) is 13.0 Å². The van der Waals surface area contributed by atoms with Gasteiger partial charge in [-0.05, 0) is 36.1 Å². The molecule has 0 spiro atoms. The van der Waals surface area contributed by atoms with Crippen molar-refractivity contribution in [3.05, 3.63) is 44.2 Å². The zero-order valence-electron chi connectivity index (χ0n) is 9.41. The monoisotopic (exact) mass is 299 g/mol. The molecule has 2 N–H and O–H groups in total. The van der Waals surface area contributed by atoms with E-state index in [1.807, 2.05) is 13.0 Å². The van der Waals surface area contributed by atoms with Crippen molar-refractivity contribution in [3.8, 4) is 0 Å². The minimum Gasteiger partial charge on any atom is -0.390 e. The molecule has 0 heterocycles. The first-order chi connectivity index (χ1) is 8.07. The summed E-state index contributed by atoms with van der Waals surface area (Å²) in [6, 6.07) is 5.44. The number of nitrogens with zero attached hydrogens (tertiary/aromatic N) is 3. The summed E-state index contributed by atoms with van der Waals surface area (Å²) in [6.07, 6.45) is -1.67. The van der Waals surface area contributed by atoms with E-state index in [0.29, 0.717) is 5.56 Å². The van der Waals surface area contributed by atoms with Crippen molar-refractivity contribution in [2.75, 3.05) is 6.54 Å². The van der Waals surface area contributed by atoms with Crippen LogP contribution in [0.5, 0.6) is 0 Å². The summed E-state index contributed by atoms with van der Waals surface area (Å²) in [5.74, 6) is 0. The van der Waals surface area contributed by atoms with Gasteiger partial charge >= 0.3 is 0 Å². The molecule has 0 bridgehead atoms. The molecular formula is C11H14BrN3O2. The van der Waals surface area contributed by atoms with Gasteiger partial charge in [-0.1, -0.05) is 33.2 Å². The highest BCUT2D eigenvalue weighted by Crippen LogP contribution is 2.27. The lowest BCUT2D eigenvalue weighted by Crippen LogP contribution is -2.20. The van der Waals surface area contributed by atoms with E-state index in [0.717, 1.165) is 10.0 Å². The second kappa shape index (κ2) is 6.61. The Morgan fingerprint density at radius 1 is 1.47 bits per heavy atom. The van der Waals surface area contributed by atoms with Crippen LogP contribution in [0.15, 0.2) is 27.8 Å². The zero-order chi connectivity index (χ0) is 12.8. The molecule has 0 amide bonds. The predicted octanol–water partition coefficient (Wildman–Crippen LogP) is 2.85. The lowest BCUT2D eigenvalue weighted by Gasteiger charge is -2.19. The molecule has 0 saturated heterocycles. The summed E-state index contributed by atoms with van der Waals surface area (Å²) in [4.78, 5) is 2.60. The van der Waals surface area contributed by atoms with E-state index >= 15 is 0 Å². The normalized spacial score (nSPS) is 13.9. The Morgan fingerprint density at radius 3 is 2.82 bits per heavy atom. The van der Waals surface area contributed by atoms with Gasteiger partial charge in [0.25, 0.3) is 0 Å². The standard InChI is InChI=1S/C11H14BrN3O2/c1-7-8(3-2-4-9(7)12)11(17)10(16)5-6-14-15-13/h2-4,10-11,16-17H,5-6H2,1H3. The number of aliphatic hydroxyl groups is 2. The van der Waals surface area contributed by atoms with E-state index in [9.17, 15) is 10.2 Å². The smallest absolute Gasteiger partial charge is 0.105 e. The Morgan fingerprint density at radius 2 is 2.18 bits per heavy atom. The van der Waals surface area contributed by atoms with Gasteiger partial charge in [0, 0.05) is 15.9 Å². The van der Waals surface area contributed by atoms with Gasteiger partial charge in [0.15, 0.2) is 0 Å². The number of benzene rings is 1. The minimum atomic E-state index is -0.971. The Labute approximate surface area is 108 Å². The molecule has 2 unspecified atom stereocenters. The van der Waals surface area contributed by atoms with Crippen molar-refractivity contribution in [2.24, 2.45) is 5.11 Å². The molecule has 0 aliphatic carbocycles. The summed E-state index contributed by atoms with van der Waals surface area (Å²) in [6.45, 7) is 2.03. The lowest BCUT2D eigenvalue weighted by molar-refractivity contribution is 0.0146. The Bertz CT molecular complexity index is 433. The zero-order valence-corrected chi connectivity index (χ0v) is 11.0. The molecule has 2 atom stereocenters. The summed E-state index contributed by atoms with van der Waals surface area (Å²) in [7, 11) is 0. The van der Waals surface area contributed by atoms with Gasteiger partial charge in [-0.25, -0.2) is 0 Å². The molecule has 1 aromatic carbocycles. The molecule has 1 rings (SSSR count). The molecule has 0 radical (unpaired) electrons. The quantitative estimate of drug-likeness (QED) is 0.497. The maximum Gasteiger partial charge on any atom is 0.105 e. The van der Waals surface area contributed by atoms with E-state index in [2.05, 4.69) is 26.0 Å². The van der Waals surface area contributed by atoms with Crippen molar-refractivity contribution in [3.63, 3.8) is 0 Å². The molecule has 0 saturated carbocycles. The van der Waals surface area contributed by atoms with E-state index in [4.69, 9.17) is 5.53 Å². The van der Waals surface area contributed by atoms with Crippen LogP contribution in [0.4, 0.5) is 0 Å². The molecule has 0 aliphatic rings. The average molecular weight is 300 g/mol. The van der Waals surface area contributed by atoms with Crippen LogP contribution >= 0.6 is 15.9 Å². The Balaban J connectivity index is 2.77. The number of aliphatic hydroxyl groups excluding tert-OH is 2. The average Bonchev–Trinajstić information content (AvgIpc) is 2.32. The maximum absolute atomic E-state index is 9.99. The summed E-state index contributed by atoms with van der Waals surface area (Å²) >= 11 is 3.37. The third-order valence-electron chi connectivity index (χ3n) is 2.58. The largest absolute Gasteiger partial charge is 0.390 e. The Kier molecular flexibility index (Phi) is 5.44. The first-order valence-corrected chi connectivity index (χ1v) is 5.99. The van der Waals surface area contributed by atoms with Gasteiger partial charge in [-0.2, -0.15) is 0 Å². The summed E-state index contributed by atoms with van der Waals surface area (Å²) in [5, 5.41) is 23.1. The number of hydrogen-bond acceptors (Lipinski definition) is 3. The Hall–Kier alpha value is -1.07. The molecule has 92 valence electrons. The van der Waals surface area contributed by atoms with Crippen molar-refractivity contribution in [1.29, 1.82) is 0 Å². The highest BCUT2D eigenvalue weighted by molar-refractivity contribution is 9.10. The second-order valence-corrected chi connectivity index (χ2v) is 4.56. The van der Waals surface area contributed by atoms with Crippen LogP contribution in [0.25, 0.3) is 10.4 Å². The van der Waals surface area contributed by atoms with Crippen LogP contribution in [-0.4, -0.2) is 22.9 Å². The first kappa shape index (κ1) is 14.0. The number of azide groups is 1. The third-order valence-corrected chi connectivity index (χ3v) is 3.44. The third kappa shape index (κ3) is 3.71. The minimum absolute atomic E-state index is 0.168. The fourth-order valence-electron chi connectivity index (χ4n) is 1.54. The number of hydrogen-bond donors (Lipinski definition) is 2. The first-order valence-electron chi connectivity index (χ1n) is 5.20. The van der Waals surface area contributed by atoms with E-state index in [1.54, 1.807) is 12.1 Å². The fraction of sp³-hybridized carbons (Fsp3) is 0.455. The van der Waals surface area contributed by atoms with Crippen molar-refractivity contribution >= 4 is 15.9 Å². The molecular weight excluding hydrogens is 286 g/mol. The topological polar surface area (TPSA) is 89.2 Å². The van der Waals surface area contributed by atoms with Crippen LogP contribution in [0, 0.1) is 6.92 Å². The molecule has 0 aliphatic heterocycles. The predicted molar refractivity (Wildman–Crippen MR) is 68.5 cm³/mol. The summed E-state index contributed by atoms with van der Waals surface area (Å²) < 4.78 is 0.885. The lowest BCUT2D eigenvalue weighted by atomic mass is 9.98. The molecule has 17 heavy (non-hydrogen) atoms. The van der Waals surface area contributed by atoms with E-state index in [1.165, 1.54) is 0 Å². The molecule has 6 heteroatoms. The van der Waals surface area contributed by atoms with Crippen LogP contribution in [0.1, 0.15) is 23.7 Å². The van der Waals surface area contributed by atoms with Crippen molar-refractivity contribution in [2.45, 2.75) is 25.6 Å². The van der Waals surface area contributed by atoms with Gasteiger partial charge in [0.2, 0.25) is 0 Å². The highest BCUT2D eigenvalue weighted by atomic mass is 79.9. The number of halogens is 1. The fourth-order valence-corrected chi connectivity index (χ4v) is 1.93. The second-order valence-electron chi connectivity index (χ2n) is 3.71. The van der Waals surface area contributed by atoms with Crippen molar-refractivity contribution in [1.82, 2.24) is 0 Å². The van der Waals surface area contributed by atoms with Gasteiger partial charge in [-0.3, -0.25) is 0 Å². The molecule has 5 nitrogen and oxygen atoms in total. The molecule has 0 fully saturated rings. The highest BCUT2D eigenvalue weighted by Gasteiger charge is 2.20. The van der Waals surface area contributed by atoms with Gasteiger partial charge in [0.05, 0.1) is 6.10 Å². The van der Waals surface area contributed by atoms with E-state index < -0.39 is 12.2 Å². The number of rotatable bonds is 5. The van der Waals surface area contributed by atoms with Crippen LogP contribution in [0.3, 0.4) is 0 Å².